The highest BCUT2D eigenvalue weighted by Gasteiger charge is 2.35. The summed E-state index contributed by atoms with van der Waals surface area (Å²) in [6.07, 6.45) is 2.89. The molecule has 0 unspecified atom stereocenters. The summed E-state index contributed by atoms with van der Waals surface area (Å²) in [4.78, 5) is 3.73. The summed E-state index contributed by atoms with van der Waals surface area (Å²) in [6, 6.07) is 4.95. The molecule has 0 bridgehead atoms. The van der Waals surface area contributed by atoms with Crippen molar-refractivity contribution in [1.29, 1.82) is 0 Å². The van der Waals surface area contributed by atoms with Crippen LogP contribution in [0.25, 0.3) is 11.4 Å². The number of imidazole rings is 1. The van der Waals surface area contributed by atoms with Gasteiger partial charge in [-0.15, -0.1) is 0 Å². The second-order valence-electron chi connectivity index (χ2n) is 6.37. The molecular formula is C16H19BrClF3N2OS. The molecule has 0 fully saturated rings. The van der Waals surface area contributed by atoms with Crippen LogP contribution in [0.5, 0.6) is 0 Å². The minimum absolute atomic E-state index is 0.0136. The third-order valence-electron chi connectivity index (χ3n) is 3.31. The van der Waals surface area contributed by atoms with Gasteiger partial charge < -0.3 is 9.30 Å². The molecule has 1 aromatic carbocycles. The third kappa shape index (κ3) is 5.91. The minimum Gasteiger partial charge on any atom is -0.360 e. The van der Waals surface area contributed by atoms with E-state index < -0.39 is 21.9 Å². The largest absolute Gasteiger partial charge is 0.434 e. The Balaban J connectivity index is 2.29. The maximum atomic E-state index is 13.1. The fourth-order valence-electron chi connectivity index (χ4n) is 2.01. The van der Waals surface area contributed by atoms with Crippen molar-refractivity contribution in [3.8, 4) is 11.4 Å². The monoisotopic (exact) mass is 458 g/mol. The van der Waals surface area contributed by atoms with Gasteiger partial charge in [0.1, 0.15) is 12.6 Å². The molecule has 0 amide bonds. The van der Waals surface area contributed by atoms with Crippen LogP contribution in [0.3, 0.4) is 0 Å². The number of aromatic nitrogens is 2. The van der Waals surface area contributed by atoms with Crippen LogP contribution in [0.4, 0.5) is 13.2 Å². The van der Waals surface area contributed by atoms with Crippen molar-refractivity contribution in [2.75, 3.05) is 31.1 Å². The summed E-state index contributed by atoms with van der Waals surface area (Å²) in [6.45, 7) is 0.464. The van der Waals surface area contributed by atoms with Crippen LogP contribution in [0.15, 0.2) is 28.9 Å². The number of alkyl halides is 3. The average Bonchev–Trinajstić information content (AvgIpc) is 2.86. The summed E-state index contributed by atoms with van der Waals surface area (Å²) in [5, 5.41) is 0.314. The Morgan fingerprint density at radius 3 is 2.52 bits per heavy atom. The molecule has 0 saturated heterocycles. The van der Waals surface area contributed by atoms with Crippen LogP contribution in [-0.4, -0.2) is 40.7 Å². The number of ether oxygens (including phenoxy) is 1. The molecule has 1 aromatic heterocycles. The number of hydrogen-bond donors (Lipinski definition) is 0. The lowest BCUT2D eigenvalue weighted by molar-refractivity contribution is -0.141. The lowest BCUT2D eigenvalue weighted by Gasteiger charge is -2.24. The van der Waals surface area contributed by atoms with Crippen molar-refractivity contribution >= 4 is 37.6 Å². The summed E-state index contributed by atoms with van der Waals surface area (Å²) >= 11 is 9.46. The quantitative estimate of drug-likeness (QED) is 0.522. The summed E-state index contributed by atoms with van der Waals surface area (Å²) in [7, 11) is -0.727. The lowest BCUT2D eigenvalue weighted by atomic mass is 10.2. The summed E-state index contributed by atoms with van der Waals surface area (Å²) in [5.74, 6) is 1.01. The predicted molar refractivity (Wildman–Crippen MR) is 102 cm³/mol. The molecular weight excluding hydrogens is 441 g/mol. The van der Waals surface area contributed by atoms with Gasteiger partial charge in [-0.3, -0.25) is 0 Å². The van der Waals surface area contributed by atoms with Crippen LogP contribution >= 0.6 is 37.6 Å². The highest BCUT2D eigenvalue weighted by Crippen LogP contribution is 2.35. The van der Waals surface area contributed by atoms with Gasteiger partial charge in [-0.25, -0.2) is 15.0 Å². The first-order chi connectivity index (χ1) is 11.5. The predicted octanol–water partition coefficient (Wildman–Crippen LogP) is 5.65. The maximum Gasteiger partial charge on any atom is 0.434 e. The topological polar surface area (TPSA) is 27.1 Å². The lowest BCUT2D eigenvalue weighted by Crippen LogP contribution is -2.10. The van der Waals surface area contributed by atoms with E-state index in [1.807, 2.05) is 0 Å². The van der Waals surface area contributed by atoms with Gasteiger partial charge >= 0.3 is 6.18 Å². The van der Waals surface area contributed by atoms with Gasteiger partial charge in [-0.05, 0) is 37.0 Å². The van der Waals surface area contributed by atoms with Gasteiger partial charge in [0.25, 0.3) is 0 Å². The second-order valence-corrected chi connectivity index (χ2v) is 12.3. The average molecular weight is 460 g/mol. The van der Waals surface area contributed by atoms with Crippen LogP contribution in [0.2, 0.25) is 5.02 Å². The van der Waals surface area contributed by atoms with Gasteiger partial charge in [-0.2, -0.15) is 13.2 Å². The third-order valence-corrected chi connectivity index (χ3v) is 5.51. The number of halogens is 5. The van der Waals surface area contributed by atoms with E-state index in [0.717, 1.165) is 16.4 Å². The number of hydrogen-bond acceptors (Lipinski definition) is 2. The number of nitrogens with zero attached hydrogens (tertiary/aromatic N) is 2. The Labute approximate surface area is 160 Å². The Morgan fingerprint density at radius 2 is 1.96 bits per heavy atom. The second kappa shape index (κ2) is 7.90. The normalized spacial score (nSPS) is 13.3. The Morgan fingerprint density at radius 1 is 1.28 bits per heavy atom. The van der Waals surface area contributed by atoms with Crippen LogP contribution in [0.1, 0.15) is 5.69 Å². The van der Waals surface area contributed by atoms with E-state index in [9.17, 15) is 13.2 Å². The molecule has 9 heteroatoms. The Bertz CT molecular complexity index is 744. The molecule has 140 valence electrons. The highest BCUT2D eigenvalue weighted by atomic mass is 79.9. The molecule has 0 aliphatic carbocycles. The van der Waals surface area contributed by atoms with E-state index in [-0.39, 0.29) is 12.6 Å². The fraction of sp³-hybridized carbons (Fsp3) is 0.438. The number of benzene rings is 1. The molecule has 0 aliphatic heterocycles. The van der Waals surface area contributed by atoms with Crippen molar-refractivity contribution in [3.05, 3.63) is 39.6 Å². The van der Waals surface area contributed by atoms with Gasteiger partial charge in [0.05, 0.1) is 11.6 Å². The molecule has 0 radical (unpaired) electrons. The summed E-state index contributed by atoms with van der Waals surface area (Å²) < 4.78 is 46.8. The molecule has 0 aliphatic rings. The van der Waals surface area contributed by atoms with Crippen LogP contribution < -0.4 is 0 Å². The first-order valence-electron chi connectivity index (χ1n) is 7.31. The first kappa shape index (κ1) is 20.6. The zero-order valence-corrected chi connectivity index (χ0v) is 17.2. The van der Waals surface area contributed by atoms with Gasteiger partial charge in [0, 0.05) is 22.0 Å². The summed E-state index contributed by atoms with van der Waals surface area (Å²) in [5.41, 5.74) is -0.544. The van der Waals surface area contributed by atoms with Crippen molar-refractivity contribution in [2.45, 2.75) is 12.9 Å². The van der Waals surface area contributed by atoms with E-state index in [1.165, 1.54) is 4.57 Å². The molecule has 3 nitrogen and oxygen atoms in total. The van der Waals surface area contributed by atoms with E-state index in [1.54, 1.807) is 18.2 Å². The van der Waals surface area contributed by atoms with E-state index in [0.29, 0.717) is 17.2 Å². The Hall–Kier alpha value is -0.700. The zero-order valence-electron chi connectivity index (χ0n) is 14.0. The van der Waals surface area contributed by atoms with Crippen molar-refractivity contribution in [1.82, 2.24) is 9.55 Å². The maximum absolute atomic E-state index is 13.1. The van der Waals surface area contributed by atoms with Crippen molar-refractivity contribution in [3.63, 3.8) is 0 Å². The first-order valence-corrected chi connectivity index (χ1v) is 11.5. The van der Waals surface area contributed by atoms with Gasteiger partial charge in [0.15, 0.2) is 5.69 Å². The molecule has 0 spiro atoms. The fourth-order valence-corrected chi connectivity index (χ4v) is 3.38. The van der Waals surface area contributed by atoms with Crippen molar-refractivity contribution in [2.24, 2.45) is 0 Å². The zero-order chi connectivity index (χ0) is 18.8. The molecule has 1 heterocycles. The smallest absolute Gasteiger partial charge is 0.360 e. The molecule has 25 heavy (non-hydrogen) atoms. The SMILES string of the molecule is CS(C)(C)CCOCn1cc(C(F)(F)F)nc1-c1ccc(Br)cc1Cl. The van der Waals surface area contributed by atoms with E-state index in [2.05, 4.69) is 39.7 Å². The van der Waals surface area contributed by atoms with E-state index in [4.69, 9.17) is 16.3 Å². The highest BCUT2D eigenvalue weighted by molar-refractivity contribution is 9.10. The van der Waals surface area contributed by atoms with E-state index >= 15 is 0 Å². The van der Waals surface area contributed by atoms with Gasteiger partial charge in [-0.1, -0.05) is 27.5 Å². The Kier molecular flexibility index (Phi) is 6.51. The molecule has 2 rings (SSSR count). The van der Waals surface area contributed by atoms with Gasteiger partial charge in [0.2, 0.25) is 0 Å². The minimum atomic E-state index is -4.53. The molecule has 0 N–H and O–H groups in total. The number of rotatable bonds is 6. The molecule has 0 atom stereocenters. The van der Waals surface area contributed by atoms with Crippen molar-refractivity contribution < 1.29 is 17.9 Å². The van der Waals surface area contributed by atoms with Crippen LogP contribution in [-0.2, 0) is 17.6 Å². The van der Waals surface area contributed by atoms with Crippen LogP contribution in [0, 0.1) is 0 Å². The molecule has 0 saturated carbocycles. The molecule has 2 aromatic rings. The standard InChI is InChI=1S/C16H19BrClF3N2OS/c1-25(2,3)7-6-24-10-23-9-14(16(19,20)21)22-15(23)12-5-4-11(17)8-13(12)18/h4-5,8-9H,6-7,10H2,1-3H3.